The number of fused-ring (bicyclic) bond motifs is 1. The first-order valence-corrected chi connectivity index (χ1v) is 4.93. The van der Waals surface area contributed by atoms with Gasteiger partial charge in [-0.1, -0.05) is 6.07 Å². The molecule has 1 heterocycles. The first-order chi connectivity index (χ1) is 7.59. The van der Waals surface area contributed by atoms with Gasteiger partial charge in [-0.15, -0.1) is 0 Å². The number of aromatic nitrogens is 2. The quantitative estimate of drug-likeness (QED) is 0.863. The van der Waals surface area contributed by atoms with E-state index in [-0.39, 0.29) is 18.8 Å². The van der Waals surface area contributed by atoms with E-state index in [1.807, 2.05) is 0 Å². The topological polar surface area (TPSA) is 55.1 Å². The fourth-order valence-electron chi connectivity index (χ4n) is 1.71. The minimum Gasteiger partial charge on any atom is -0.481 e. The van der Waals surface area contributed by atoms with Gasteiger partial charge in [0, 0.05) is 5.69 Å². The van der Waals surface area contributed by atoms with Crippen LogP contribution in [0.25, 0.3) is 10.9 Å². The smallest absolute Gasteiger partial charge is 0.305 e. The highest BCUT2D eigenvalue weighted by atomic mass is 19.1. The second-order valence-electron chi connectivity index (χ2n) is 3.59. The van der Waals surface area contributed by atoms with Gasteiger partial charge < -0.3 is 5.11 Å². The average Bonchev–Trinajstić information content (AvgIpc) is 2.54. The summed E-state index contributed by atoms with van der Waals surface area (Å²) in [5.41, 5.74) is 1.22. The van der Waals surface area contributed by atoms with Gasteiger partial charge in [0.1, 0.15) is 5.82 Å². The molecule has 0 saturated heterocycles. The van der Waals surface area contributed by atoms with Crippen molar-refractivity contribution < 1.29 is 14.3 Å². The molecule has 5 heteroatoms. The lowest BCUT2D eigenvalue weighted by Gasteiger charge is -2.00. The maximum absolute atomic E-state index is 13.5. The summed E-state index contributed by atoms with van der Waals surface area (Å²) in [6.45, 7) is 2.00. The van der Waals surface area contributed by atoms with Gasteiger partial charge in [-0.2, -0.15) is 5.10 Å². The van der Waals surface area contributed by atoms with E-state index in [4.69, 9.17) is 5.11 Å². The third kappa shape index (κ3) is 1.76. The normalized spacial score (nSPS) is 10.9. The van der Waals surface area contributed by atoms with Crippen molar-refractivity contribution >= 4 is 16.9 Å². The number of benzene rings is 1. The molecule has 0 unspecified atom stereocenters. The zero-order valence-electron chi connectivity index (χ0n) is 8.77. The van der Waals surface area contributed by atoms with Crippen molar-refractivity contribution in [3.8, 4) is 0 Å². The molecule has 2 aromatic rings. The molecule has 0 radical (unpaired) electrons. The molecule has 0 atom stereocenters. The van der Waals surface area contributed by atoms with Gasteiger partial charge in [0.2, 0.25) is 0 Å². The third-order valence-corrected chi connectivity index (χ3v) is 2.51. The molecule has 0 saturated carbocycles. The lowest BCUT2D eigenvalue weighted by Crippen LogP contribution is -2.07. The Bertz CT molecular complexity index is 548. The third-order valence-electron chi connectivity index (χ3n) is 2.51. The molecular weight excluding hydrogens is 211 g/mol. The van der Waals surface area contributed by atoms with Crippen molar-refractivity contribution in [2.24, 2.45) is 0 Å². The zero-order valence-corrected chi connectivity index (χ0v) is 8.77. The number of hydrogen-bond donors (Lipinski definition) is 1. The number of carboxylic acids is 1. The van der Waals surface area contributed by atoms with E-state index >= 15 is 0 Å². The predicted octanol–water partition coefficient (Wildman–Crippen LogP) is 1.96. The van der Waals surface area contributed by atoms with Crippen molar-refractivity contribution in [1.29, 1.82) is 0 Å². The fourth-order valence-corrected chi connectivity index (χ4v) is 1.71. The van der Waals surface area contributed by atoms with Gasteiger partial charge in [-0.3, -0.25) is 9.48 Å². The molecule has 0 aliphatic heterocycles. The summed E-state index contributed by atoms with van der Waals surface area (Å²) in [7, 11) is 0. The minimum absolute atomic E-state index is 0.0174. The molecule has 0 spiro atoms. The Morgan fingerprint density at radius 1 is 1.56 bits per heavy atom. The summed E-state index contributed by atoms with van der Waals surface area (Å²) in [5, 5.41) is 13.2. The molecule has 84 valence electrons. The minimum atomic E-state index is -0.889. The fraction of sp³-hybridized carbons (Fsp3) is 0.273. The van der Waals surface area contributed by atoms with Crippen LogP contribution in [0.5, 0.6) is 0 Å². The predicted molar refractivity (Wildman–Crippen MR) is 56.7 cm³/mol. The Morgan fingerprint density at radius 2 is 2.31 bits per heavy atom. The number of nitrogens with zero attached hydrogens (tertiary/aromatic N) is 2. The second kappa shape index (κ2) is 3.92. The van der Waals surface area contributed by atoms with Crippen LogP contribution in [-0.2, 0) is 11.3 Å². The monoisotopic (exact) mass is 222 g/mol. The maximum atomic E-state index is 13.5. The van der Waals surface area contributed by atoms with Gasteiger partial charge in [0.25, 0.3) is 0 Å². The number of halogens is 1. The van der Waals surface area contributed by atoms with Gasteiger partial charge in [0.15, 0.2) is 0 Å². The number of carbonyl (C=O) groups is 1. The largest absolute Gasteiger partial charge is 0.481 e. The Morgan fingerprint density at radius 3 is 2.94 bits per heavy atom. The molecule has 1 aromatic heterocycles. The SMILES string of the molecule is Cc1c2c(F)cccc2nn1CCC(=O)O. The van der Waals surface area contributed by atoms with Crippen molar-refractivity contribution in [2.45, 2.75) is 19.9 Å². The van der Waals surface area contributed by atoms with E-state index in [1.54, 1.807) is 19.1 Å². The van der Waals surface area contributed by atoms with Crippen LogP contribution in [-0.4, -0.2) is 20.9 Å². The molecule has 16 heavy (non-hydrogen) atoms. The molecule has 4 nitrogen and oxygen atoms in total. The summed E-state index contributed by atoms with van der Waals surface area (Å²) < 4.78 is 15.0. The van der Waals surface area contributed by atoms with Crippen molar-refractivity contribution in [1.82, 2.24) is 9.78 Å². The van der Waals surface area contributed by atoms with Crippen LogP contribution in [0.3, 0.4) is 0 Å². The van der Waals surface area contributed by atoms with Crippen molar-refractivity contribution in [2.75, 3.05) is 0 Å². The van der Waals surface area contributed by atoms with Crippen LogP contribution >= 0.6 is 0 Å². The van der Waals surface area contributed by atoms with E-state index in [0.717, 1.165) is 0 Å². The van der Waals surface area contributed by atoms with Crippen LogP contribution < -0.4 is 0 Å². The first-order valence-electron chi connectivity index (χ1n) is 4.93. The number of hydrogen-bond acceptors (Lipinski definition) is 2. The lowest BCUT2D eigenvalue weighted by atomic mass is 10.2. The highest BCUT2D eigenvalue weighted by Crippen LogP contribution is 2.20. The lowest BCUT2D eigenvalue weighted by molar-refractivity contribution is -0.137. The standard InChI is InChI=1S/C11H11FN2O2/c1-7-11-8(12)3-2-4-9(11)13-14(7)6-5-10(15)16/h2-4H,5-6H2,1H3,(H,15,16). The molecule has 1 N–H and O–H groups in total. The molecule has 0 amide bonds. The van der Waals surface area contributed by atoms with Gasteiger partial charge in [-0.25, -0.2) is 4.39 Å². The zero-order chi connectivity index (χ0) is 11.7. The van der Waals surface area contributed by atoms with E-state index in [9.17, 15) is 9.18 Å². The average molecular weight is 222 g/mol. The molecule has 0 fully saturated rings. The highest BCUT2D eigenvalue weighted by Gasteiger charge is 2.11. The molecule has 1 aromatic carbocycles. The van der Waals surface area contributed by atoms with Crippen LogP contribution in [0.15, 0.2) is 18.2 Å². The number of aliphatic carboxylic acids is 1. The molecule has 0 aliphatic carbocycles. The molecular formula is C11H11FN2O2. The van der Waals surface area contributed by atoms with Crippen molar-refractivity contribution in [3.63, 3.8) is 0 Å². The highest BCUT2D eigenvalue weighted by molar-refractivity contribution is 5.82. The molecule has 2 rings (SSSR count). The first kappa shape index (κ1) is 10.6. The summed E-state index contributed by atoms with van der Waals surface area (Å²) in [4.78, 5) is 10.5. The van der Waals surface area contributed by atoms with E-state index in [1.165, 1.54) is 10.7 Å². The Hall–Kier alpha value is -1.91. The maximum Gasteiger partial charge on any atom is 0.305 e. The Balaban J connectivity index is 2.44. The van der Waals surface area contributed by atoms with E-state index in [2.05, 4.69) is 5.10 Å². The molecule has 0 aliphatic rings. The van der Waals surface area contributed by atoms with Crippen molar-refractivity contribution in [3.05, 3.63) is 29.7 Å². The van der Waals surface area contributed by atoms with E-state index < -0.39 is 5.97 Å². The summed E-state index contributed by atoms with van der Waals surface area (Å²) >= 11 is 0. The van der Waals surface area contributed by atoms with Crippen LogP contribution in [0.4, 0.5) is 4.39 Å². The summed E-state index contributed by atoms with van der Waals surface area (Å²) in [5.74, 6) is -1.21. The molecule has 0 bridgehead atoms. The summed E-state index contributed by atoms with van der Waals surface area (Å²) in [6.07, 6.45) is -0.0174. The number of carboxylic acid groups (broad SMARTS) is 1. The van der Waals surface area contributed by atoms with Gasteiger partial charge >= 0.3 is 5.97 Å². The van der Waals surface area contributed by atoms with Gasteiger partial charge in [-0.05, 0) is 19.1 Å². The summed E-state index contributed by atoms with van der Waals surface area (Å²) in [6, 6.07) is 4.67. The van der Waals surface area contributed by atoms with Crippen LogP contribution in [0, 0.1) is 12.7 Å². The van der Waals surface area contributed by atoms with E-state index in [0.29, 0.717) is 16.6 Å². The second-order valence-corrected chi connectivity index (χ2v) is 3.59. The van der Waals surface area contributed by atoms with Crippen LogP contribution in [0.2, 0.25) is 0 Å². The Labute approximate surface area is 91.3 Å². The Kier molecular flexibility index (Phi) is 2.60. The van der Waals surface area contributed by atoms with Crippen LogP contribution in [0.1, 0.15) is 12.1 Å². The number of rotatable bonds is 3. The van der Waals surface area contributed by atoms with Gasteiger partial charge in [0.05, 0.1) is 23.9 Å². The number of aryl methyl sites for hydroxylation is 2.